The third-order valence-corrected chi connectivity index (χ3v) is 7.71. The maximum absolute atomic E-state index is 10.6. The third-order valence-electron chi connectivity index (χ3n) is 7.46. The van der Waals surface area contributed by atoms with Crippen LogP contribution in [0.15, 0.2) is 72.0 Å². The maximum atomic E-state index is 10.6. The van der Waals surface area contributed by atoms with Gasteiger partial charge >= 0.3 is 0 Å². The van der Waals surface area contributed by atoms with Crippen LogP contribution in [0.3, 0.4) is 0 Å². The molecule has 1 fully saturated rings. The van der Waals surface area contributed by atoms with Crippen LogP contribution in [0.2, 0.25) is 5.02 Å². The number of allylic oxidation sites excluding steroid dienone is 3. The van der Waals surface area contributed by atoms with Crippen LogP contribution in [-0.4, -0.2) is 48.5 Å². The van der Waals surface area contributed by atoms with Gasteiger partial charge in [-0.1, -0.05) is 35.9 Å². The van der Waals surface area contributed by atoms with E-state index < -0.39 is 11.3 Å². The molecular formula is C30H37ClN4O2. The average molecular weight is 521 g/mol. The highest BCUT2D eigenvalue weighted by molar-refractivity contribution is 6.30. The molecule has 3 aliphatic heterocycles. The molecule has 2 aromatic rings. The predicted molar refractivity (Wildman–Crippen MR) is 152 cm³/mol. The van der Waals surface area contributed by atoms with E-state index in [-0.39, 0.29) is 0 Å². The van der Waals surface area contributed by atoms with Crippen LogP contribution in [0.5, 0.6) is 5.75 Å². The lowest BCUT2D eigenvalue weighted by atomic mass is 9.89. The lowest BCUT2D eigenvalue weighted by Crippen LogP contribution is -2.55. The van der Waals surface area contributed by atoms with Gasteiger partial charge in [0.05, 0.1) is 17.0 Å². The molecule has 7 heteroatoms. The molecule has 0 unspecified atom stereocenters. The van der Waals surface area contributed by atoms with Crippen molar-refractivity contribution in [1.82, 2.24) is 10.2 Å². The minimum absolute atomic E-state index is 0.411. The van der Waals surface area contributed by atoms with Crippen molar-refractivity contribution < 1.29 is 9.84 Å². The molecule has 5 N–H and O–H groups in total. The van der Waals surface area contributed by atoms with E-state index in [1.54, 1.807) is 0 Å². The first-order valence-corrected chi connectivity index (χ1v) is 13.5. The zero-order valence-corrected chi connectivity index (χ0v) is 22.4. The molecule has 37 heavy (non-hydrogen) atoms. The number of piperidine rings is 1. The molecule has 196 valence electrons. The second-order valence-corrected chi connectivity index (χ2v) is 11.2. The number of anilines is 1. The highest BCUT2D eigenvalue weighted by atomic mass is 35.5. The Kier molecular flexibility index (Phi) is 7.37. The molecule has 5 rings (SSSR count). The Morgan fingerprint density at radius 3 is 2.68 bits per heavy atom. The molecule has 0 spiro atoms. The Labute approximate surface area is 224 Å². The molecule has 0 atom stereocenters. The van der Waals surface area contributed by atoms with Crippen LogP contribution in [0.4, 0.5) is 5.69 Å². The van der Waals surface area contributed by atoms with E-state index in [0.29, 0.717) is 6.61 Å². The first-order chi connectivity index (χ1) is 17.7. The van der Waals surface area contributed by atoms with Crippen LogP contribution in [-0.2, 0) is 5.60 Å². The van der Waals surface area contributed by atoms with Gasteiger partial charge in [-0.25, -0.2) is 0 Å². The van der Waals surface area contributed by atoms with Gasteiger partial charge in [-0.05, 0) is 80.6 Å². The Morgan fingerprint density at radius 1 is 1.19 bits per heavy atom. The van der Waals surface area contributed by atoms with Crippen molar-refractivity contribution in [2.75, 3.05) is 38.1 Å². The zero-order chi connectivity index (χ0) is 26.0. The van der Waals surface area contributed by atoms with Crippen molar-refractivity contribution >= 4 is 22.9 Å². The number of dihydropyridines is 1. The topological polar surface area (TPSA) is 82.8 Å². The summed E-state index contributed by atoms with van der Waals surface area (Å²) in [5.74, 6) is 0.850. The standard InChI is InChI=1S/C30H37ClN4O2/c1-29(2,36)21-7-12-28-26(19-21)24(25-5-3-15-33-27(25)20-37-28)6-4-16-35-17-13-30(32,14-18-35)34-23-10-8-22(31)9-11-23/h3,5-12,19,33-34,36H,4,13-18,20,32H2,1-2H3/b24-6+. The van der Waals surface area contributed by atoms with Gasteiger partial charge in [-0.15, -0.1) is 0 Å². The molecule has 6 nitrogen and oxygen atoms in total. The highest BCUT2D eigenvalue weighted by Crippen LogP contribution is 2.39. The minimum atomic E-state index is -0.924. The number of benzene rings is 2. The third kappa shape index (κ3) is 6.04. The van der Waals surface area contributed by atoms with Crippen LogP contribution in [0.25, 0.3) is 5.57 Å². The number of hydrogen-bond donors (Lipinski definition) is 4. The van der Waals surface area contributed by atoms with Gasteiger partial charge in [0.25, 0.3) is 0 Å². The van der Waals surface area contributed by atoms with Crippen molar-refractivity contribution in [2.45, 2.75) is 44.4 Å². The average Bonchev–Trinajstić information content (AvgIpc) is 3.03. The molecule has 0 amide bonds. The van der Waals surface area contributed by atoms with E-state index >= 15 is 0 Å². The number of likely N-dealkylation sites (tertiary alicyclic amines) is 1. The smallest absolute Gasteiger partial charge is 0.128 e. The second kappa shape index (κ2) is 10.5. The fourth-order valence-corrected chi connectivity index (χ4v) is 5.34. The van der Waals surface area contributed by atoms with Crippen LogP contribution in [0.1, 0.15) is 44.2 Å². The van der Waals surface area contributed by atoms with E-state index in [9.17, 15) is 5.11 Å². The van der Waals surface area contributed by atoms with Crippen LogP contribution >= 0.6 is 11.6 Å². The largest absolute Gasteiger partial charge is 0.487 e. The van der Waals surface area contributed by atoms with E-state index in [4.69, 9.17) is 22.1 Å². The molecule has 3 aliphatic rings. The van der Waals surface area contributed by atoms with Gasteiger partial charge in [0.1, 0.15) is 12.4 Å². The van der Waals surface area contributed by atoms with Gasteiger partial charge < -0.3 is 31.1 Å². The summed E-state index contributed by atoms with van der Waals surface area (Å²) in [4.78, 5) is 2.48. The highest BCUT2D eigenvalue weighted by Gasteiger charge is 2.30. The number of aliphatic hydroxyl groups is 1. The molecular weight excluding hydrogens is 484 g/mol. The first kappa shape index (κ1) is 25.9. The quantitative estimate of drug-likeness (QED) is 0.401. The molecule has 2 aromatic carbocycles. The van der Waals surface area contributed by atoms with E-state index in [1.807, 2.05) is 50.2 Å². The summed E-state index contributed by atoms with van der Waals surface area (Å²) in [5, 5.41) is 18.4. The van der Waals surface area contributed by atoms with Gasteiger partial charge in [0, 0.05) is 48.0 Å². The van der Waals surface area contributed by atoms with Crippen molar-refractivity contribution in [2.24, 2.45) is 5.73 Å². The summed E-state index contributed by atoms with van der Waals surface area (Å²) in [6.07, 6.45) is 9.33. The van der Waals surface area contributed by atoms with Gasteiger partial charge in [0.15, 0.2) is 0 Å². The van der Waals surface area contributed by atoms with Crippen molar-refractivity contribution in [3.63, 3.8) is 0 Å². The number of ether oxygens (including phenoxy) is 1. The number of nitrogens with one attached hydrogen (secondary N) is 2. The summed E-state index contributed by atoms with van der Waals surface area (Å²) in [6.45, 7) is 7.80. The summed E-state index contributed by atoms with van der Waals surface area (Å²) >= 11 is 6.02. The summed E-state index contributed by atoms with van der Waals surface area (Å²) in [6, 6.07) is 13.7. The monoisotopic (exact) mass is 520 g/mol. The number of nitrogens with two attached hydrogens (primary N) is 1. The molecule has 0 bridgehead atoms. The lowest BCUT2D eigenvalue weighted by molar-refractivity contribution is 0.0785. The summed E-state index contributed by atoms with van der Waals surface area (Å²) < 4.78 is 6.18. The number of hydrogen-bond acceptors (Lipinski definition) is 6. The normalized spacial score (nSPS) is 20.5. The first-order valence-electron chi connectivity index (χ1n) is 13.1. The maximum Gasteiger partial charge on any atom is 0.128 e. The number of nitrogens with zero attached hydrogens (tertiary/aromatic N) is 1. The second-order valence-electron chi connectivity index (χ2n) is 10.8. The van der Waals surface area contributed by atoms with Gasteiger partial charge in [-0.2, -0.15) is 0 Å². The number of halogens is 1. The van der Waals surface area contributed by atoms with Crippen molar-refractivity contribution in [3.05, 3.63) is 88.1 Å². The minimum Gasteiger partial charge on any atom is -0.487 e. The lowest BCUT2D eigenvalue weighted by Gasteiger charge is -2.40. The Bertz CT molecular complexity index is 1220. The molecule has 1 saturated heterocycles. The Balaban J connectivity index is 1.29. The van der Waals surface area contributed by atoms with Gasteiger partial charge in [0.2, 0.25) is 0 Å². The van der Waals surface area contributed by atoms with Crippen LogP contribution in [0, 0.1) is 0 Å². The van der Waals surface area contributed by atoms with E-state index in [2.05, 4.69) is 39.8 Å². The Hall–Kier alpha value is -2.77. The molecule has 0 radical (unpaired) electrons. The van der Waals surface area contributed by atoms with Crippen molar-refractivity contribution in [1.29, 1.82) is 0 Å². The molecule has 0 aromatic heterocycles. The van der Waals surface area contributed by atoms with E-state index in [1.165, 1.54) is 5.57 Å². The number of fused-ring (bicyclic) bond motifs is 1. The van der Waals surface area contributed by atoms with E-state index in [0.717, 1.165) is 84.3 Å². The molecule has 0 aliphatic carbocycles. The SMILES string of the molecule is CC(C)(O)c1ccc2c(c1)/C(=C/CCN1CCC(N)(Nc3ccc(Cl)cc3)CC1)C1=C(CO2)NCC=C1. The predicted octanol–water partition coefficient (Wildman–Crippen LogP) is 5.01. The summed E-state index contributed by atoms with van der Waals surface area (Å²) in [7, 11) is 0. The fourth-order valence-electron chi connectivity index (χ4n) is 5.21. The van der Waals surface area contributed by atoms with Crippen LogP contribution < -0.4 is 21.1 Å². The van der Waals surface area contributed by atoms with Gasteiger partial charge in [-0.3, -0.25) is 0 Å². The molecule has 3 heterocycles. The Morgan fingerprint density at radius 2 is 1.95 bits per heavy atom. The fraction of sp³-hybridized carbons (Fsp3) is 0.400. The zero-order valence-electron chi connectivity index (χ0n) is 21.7. The van der Waals surface area contributed by atoms with Crippen molar-refractivity contribution in [3.8, 4) is 5.75 Å². The number of rotatable bonds is 6. The molecule has 0 saturated carbocycles. The summed E-state index contributed by atoms with van der Waals surface area (Å²) in [5.41, 5.74) is 11.7.